The highest BCUT2D eigenvalue weighted by atomic mass is 16.1. The topological polar surface area (TPSA) is 42.0 Å². The number of pyridine rings is 1. The van der Waals surface area contributed by atoms with Crippen molar-refractivity contribution in [2.75, 3.05) is 5.32 Å². The molecule has 1 aliphatic heterocycles. The molecule has 0 radical (unpaired) electrons. The van der Waals surface area contributed by atoms with Gasteiger partial charge in [0.2, 0.25) is 5.91 Å². The van der Waals surface area contributed by atoms with Gasteiger partial charge < -0.3 is 5.32 Å². The Morgan fingerprint density at radius 2 is 2.24 bits per heavy atom. The van der Waals surface area contributed by atoms with Crippen LogP contribution in [0.2, 0.25) is 0 Å². The molecule has 2 heterocycles. The molecule has 86 valence electrons. The van der Waals surface area contributed by atoms with Crippen LogP contribution in [0.3, 0.4) is 0 Å². The van der Waals surface area contributed by atoms with E-state index in [1.165, 1.54) is 10.9 Å². The van der Waals surface area contributed by atoms with Gasteiger partial charge in [-0.25, -0.2) is 4.98 Å². The van der Waals surface area contributed by atoms with E-state index in [4.69, 9.17) is 0 Å². The first-order chi connectivity index (χ1) is 8.29. The van der Waals surface area contributed by atoms with Crippen molar-refractivity contribution in [3.8, 4) is 0 Å². The third kappa shape index (κ3) is 1.58. The Hall–Kier alpha value is -1.90. The number of nitrogens with one attached hydrogen (secondary N) is 1. The Bertz CT molecular complexity index is 592. The second-order valence-corrected chi connectivity index (χ2v) is 4.47. The molecule has 1 aromatic heterocycles. The average Bonchev–Trinajstić information content (AvgIpc) is 2.37. The van der Waals surface area contributed by atoms with E-state index in [9.17, 15) is 4.79 Å². The number of aromatic nitrogens is 1. The second-order valence-electron chi connectivity index (χ2n) is 4.47. The van der Waals surface area contributed by atoms with Gasteiger partial charge in [-0.05, 0) is 17.7 Å². The lowest BCUT2D eigenvalue weighted by atomic mass is 9.87. The Morgan fingerprint density at radius 3 is 3.06 bits per heavy atom. The molecule has 3 nitrogen and oxygen atoms in total. The zero-order chi connectivity index (χ0) is 11.8. The zero-order valence-corrected chi connectivity index (χ0v) is 9.73. The summed E-state index contributed by atoms with van der Waals surface area (Å²) in [6.07, 6.45) is 3.36. The largest absolute Gasteiger partial charge is 0.310 e. The van der Waals surface area contributed by atoms with Crippen molar-refractivity contribution in [2.24, 2.45) is 0 Å². The van der Waals surface area contributed by atoms with Crippen LogP contribution in [0, 0.1) is 0 Å². The Balaban J connectivity index is 2.30. The van der Waals surface area contributed by atoms with E-state index in [1.807, 2.05) is 18.3 Å². The van der Waals surface area contributed by atoms with Gasteiger partial charge in [0, 0.05) is 23.6 Å². The molecule has 3 rings (SSSR count). The minimum absolute atomic E-state index is 0.0760. The van der Waals surface area contributed by atoms with Crippen molar-refractivity contribution in [3.05, 3.63) is 36.0 Å². The standard InChI is InChI=1S/C14H14N2O/c1-2-9-7-12(17)16-14-13(9)11-6-4-3-5-10(11)8-15-14/h3-6,8-9H,2,7H2,1H3,(H,15,16,17). The normalized spacial score (nSPS) is 18.9. The number of nitrogens with zero attached hydrogens (tertiary/aromatic N) is 1. The molecular formula is C14H14N2O. The van der Waals surface area contributed by atoms with Crippen LogP contribution in [0.25, 0.3) is 10.8 Å². The molecule has 0 saturated heterocycles. The van der Waals surface area contributed by atoms with Crippen LogP contribution in [-0.4, -0.2) is 10.9 Å². The van der Waals surface area contributed by atoms with Gasteiger partial charge in [-0.2, -0.15) is 0 Å². The monoisotopic (exact) mass is 226 g/mol. The molecule has 1 unspecified atom stereocenters. The minimum Gasteiger partial charge on any atom is -0.310 e. The van der Waals surface area contributed by atoms with Gasteiger partial charge in [0.05, 0.1) is 0 Å². The number of carbonyl (C=O) groups excluding carboxylic acids is 1. The fourth-order valence-corrected chi connectivity index (χ4v) is 2.56. The first-order valence-corrected chi connectivity index (χ1v) is 5.97. The lowest BCUT2D eigenvalue weighted by Gasteiger charge is -2.25. The fraction of sp³-hybridized carbons (Fsp3) is 0.286. The van der Waals surface area contributed by atoms with Crippen LogP contribution >= 0.6 is 0 Å². The third-order valence-electron chi connectivity index (χ3n) is 3.43. The average molecular weight is 226 g/mol. The summed E-state index contributed by atoms with van der Waals surface area (Å²) in [5, 5.41) is 5.22. The van der Waals surface area contributed by atoms with Crippen molar-refractivity contribution in [2.45, 2.75) is 25.7 Å². The highest BCUT2D eigenvalue weighted by Gasteiger charge is 2.26. The predicted molar refractivity (Wildman–Crippen MR) is 68.0 cm³/mol. The molecule has 1 aromatic carbocycles. The number of anilines is 1. The van der Waals surface area contributed by atoms with Crippen LogP contribution in [0.4, 0.5) is 5.82 Å². The highest BCUT2D eigenvalue weighted by molar-refractivity contribution is 5.99. The zero-order valence-electron chi connectivity index (χ0n) is 9.73. The maximum absolute atomic E-state index is 11.6. The Morgan fingerprint density at radius 1 is 1.41 bits per heavy atom. The summed E-state index contributed by atoms with van der Waals surface area (Å²) in [5.41, 5.74) is 1.20. The van der Waals surface area contributed by atoms with Crippen LogP contribution in [0.15, 0.2) is 30.5 Å². The SMILES string of the molecule is CCC1CC(=O)Nc2ncc3ccccc3c21. The third-order valence-corrected chi connectivity index (χ3v) is 3.43. The van der Waals surface area contributed by atoms with E-state index >= 15 is 0 Å². The van der Waals surface area contributed by atoms with Gasteiger partial charge in [0.1, 0.15) is 5.82 Å². The van der Waals surface area contributed by atoms with E-state index in [-0.39, 0.29) is 11.8 Å². The molecule has 0 bridgehead atoms. The summed E-state index contributed by atoms with van der Waals surface area (Å²) >= 11 is 0. The van der Waals surface area contributed by atoms with Crippen LogP contribution < -0.4 is 5.32 Å². The summed E-state index contributed by atoms with van der Waals surface area (Å²) < 4.78 is 0. The molecule has 1 aliphatic rings. The fourth-order valence-electron chi connectivity index (χ4n) is 2.56. The van der Waals surface area contributed by atoms with Crippen LogP contribution in [0.1, 0.15) is 31.2 Å². The van der Waals surface area contributed by atoms with E-state index in [0.29, 0.717) is 6.42 Å². The molecule has 0 fully saturated rings. The predicted octanol–water partition coefficient (Wildman–Crippen LogP) is 3.07. The summed E-state index contributed by atoms with van der Waals surface area (Å²) in [4.78, 5) is 15.9. The molecule has 0 spiro atoms. The van der Waals surface area contributed by atoms with Crippen molar-refractivity contribution in [3.63, 3.8) is 0 Å². The molecule has 1 atom stereocenters. The van der Waals surface area contributed by atoms with Crippen LogP contribution in [0.5, 0.6) is 0 Å². The Kier molecular flexibility index (Phi) is 2.32. The number of rotatable bonds is 1. The van der Waals surface area contributed by atoms with E-state index in [1.54, 1.807) is 0 Å². The van der Waals surface area contributed by atoms with E-state index < -0.39 is 0 Å². The maximum Gasteiger partial charge on any atom is 0.226 e. The van der Waals surface area contributed by atoms with Gasteiger partial charge in [0.25, 0.3) is 0 Å². The molecule has 0 saturated carbocycles. The smallest absolute Gasteiger partial charge is 0.226 e. The molecule has 1 amide bonds. The van der Waals surface area contributed by atoms with Gasteiger partial charge in [-0.3, -0.25) is 4.79 Å². The lowest BCUT2D eigenvalue weighted by Crippen LogP contribution is -2.23. The second kappa shape index (κ2) is 3.84. The first kappa shape index (κ1) is 10.3. The first-order valence-electron chi connectivity index (χ1n) is 5.97. The maximum atomic E-state index is 11.6. The Labute approximate surface area is 99.9 Å². The quantitative estimate of drug-likeness (QED) is 0.812. The van der Waals surface area contributed by atoms with Gasteiger partial charge in [0.15, 0.2) is 0 Å². The van der Waals surface area contributed by atoms with Crippen molar-refractivity contribution in [1.29, 1.82) is 0 Å². The van der Waals surface area contributed by atoms with Crippen molar-refractivity contribution < 1.29 is 4.79 Å². The number of fused-ring (bicyclic) bond motifs is 3. The highest BCUT2D eigenvalue weighted by Crippen LogP contribution is 2.37. The summed E-state index contributed by atoms with van der Waals surface area (Å²) in [6, 6.07) is 8.21. The van der Waals surface area contributed by atoms with Gasteiger partial charge in [-0.1, -0.05) is 31.2 Å². The molecule has 17 heavy (non-hydrogen) atoms. The number of benzene rings is 1. The summed E-state index contributed by atoms with van der Waals surface area (Å²) in [7, 11) is 0. The van der Waals surface area contributed by atoms with E-state index in [2.05, 4.69) is 29.4 Å². The van der Waals surface area contributed by atoms with Crippen LogP contribution in [-0.2, 0) is 4.79 Å². The molecular weight excluding hydrogens is 212 g/mol. The molecule has 0 aliphatic carbocycles. The van der Waals surface area contributed by atoms with Gasteiger partial charge in [-0.15, -0.1) is 0 Å². The van der Waals surface area contributed by atoms with Crippen molar-refractivity contribution in [1.82, 2.24) is 4.98 Å². The molecule has 3 heteroatoms. The summed E-state index contributed by atoms with van der Waals surface area (Å²) in [5.74, 6) is 1.11. The lowest BCUT2D eigenvalue weighted by molar-refractivity contribution is -0.116. The minimum atomic E-state index is 0.0760. The summed E-state index contributed by atoms with van der Waals surface area (Å²) in [6.45, 7) is 2.12. The molecule has 1 N–H and O–H groups in total. The number of hydrogen-bond donors (Lipinski definition) is 1. The van der Waals surface area contributed by atoms with Gasteiger partial charge >= 0.3 is 0 Å². The van der Waals surface area contributed by atoms with Crippen molar-refractivity contribution >= 4 is 22.5 Å². The van der Waals surface area contributed by atoms with E-state index in [0.717, 1.165) is 17.6 Å². The number of carbonyl (C=O) groups is 1. The number of amides is 1. The molecule has 2 aromatic rings. The number of hydrogen-bond acceptors (Lipinski definition) is 2.